The van der Waals surface area contributed by atoms with Gasteiger partial charge in [-0.15, -0.1) is 0 Å². The molecule has 23 heavy (non-hydrogen) atoms. The maximum atomic E-state index is 12.7. The number of Topliss-reactive ketones (excluding diaryl/α,β-unsaturated/α-hetero) is 1. The smallest absolute Gasteiger partial charge is 0.320 e. The first-order valence-corrected chi connectivity index (χ1v) is 8.37. The summed E-state index contributed by atoms with van der Waals surface area (Å²) in [5.74, 6) is 0.0703. The Labute approximate surface area is 137 Å². The molecule has 2 aliphatic heterocycles. The van der Waals surface area contributed by atoms with E-state index in [1.165, 1.54) is 0 Å². The van der Waals surface area contributed by atoms with Crippen molar-refractivity contribution in [3.63, 3.8) is 0 Å². The zero-order valence-corrected chi connectivity index (χ0v) is 13.7. The number of likely N-dealkylation sites (tertiary alicyclic amines) is 1. The fourth-order valence-corrected chi connectivity index (χ4v) is 3.27. The van der Waals surface area contributed by atoms with E-state index in [1.807, 2.05) is 41.0 Å². The van der Waals surface area contributed by atoms with E-state index < -0.39 is 0 Å². The van der Waals surface area contributed by atoms with Gasteiger partial charge < -0.3 is 14.5 Å². The summed E-state index contributed by atoms with van der Waals surface area (Å²) in [6.07, 6.45) is 1.75. The van der Waals surface area contributed by atoms with Gasteiger partial charge in [-0.05, 0) is 19.8 Å². The third-order valence-corrected chi connectivity index (χ3v) is 4.68. The van der Waals surface area contributed by atoms with Crippen LogP contribution in [0.1, 0.15) is 28.8 Å². The minimum atomic E-state index is -0.0866. The average molecular weight is 316 g/mol. The van der Waals surface area contributed by atoms with E-state index in [9.17, 15) is 9.59 Å². The van der Waals surface area contributed by atoms with Crippen LogP contribution in [0.2, 0.25) is 0 Å². The number of urea groups is 1. The highest BCUT2D eigenvalue weighted by Gasteiger charge is 2.31. The number of carbonyl (C=O) groups is 2. The highest BCUT2D eigenvalue weighted by Crippen LogP contribution is 2.22. The summed E-state index contributed by atoms with van der Waals surface area (Å²) in [5, 5.41) is 0. The van der Waals surface area contributed by atoms with Crippen LogP contribution in [0.15, 0.2) is 24.3 Å². The first-order valence-electron chi connectivity index (χ1n) is 8.37. The zero-order valence-electron chi connectivity index (χ0n) is 13.7. The van der Waals surface area contributed by atoms with E-state index in [4.69, 9.17) is 4.74 Å². The molecule has 0 bridgehead atoms. The molecular formula is C18H24N2O3. The molecule has 1 aromatic carbocycles. The normalized spacial score (nSPS) is 22.0. The number of carbonyl (C=O) groups excluding carboxylic acids is 2. The third-order valence-electron chi connectivity index (χ3n) is 4.68. The highest BCUT2D eigenvalue weighted by atomic mass is 16.5. The predicted octanol–water partition coefficient (Wildman–Crippen LogP) is 2.34. The van der Waals surface area contributed by atoms with E-state index >= 15 is 0 Å². The van der Waals surface area contributed by atoms with Crippen molar-refractivity contribution in [2.45, 2.75) is 19.8 Å². The van der Waals surface area contributed by atoms with Crippen molar-refractivity contribution in [3.8, 4) is 0 Å². The van der Waals surface area contributed by atoms with Crippen LogP contribution < -0.4 is 0 Å². The molecule has 1 atom stereocenters. The largest absolute Gasteiger partial charge is 0.378 e. The van der Waals surface area contributed by atoms with Crippen LogP contribution >= 0.6 is 0 Å². The maximum absolute atomic E-state index is 12.7. The van der Waals surface area contributed by atoms with Crippen molar-refractivity contribution >= 4 is 11.8 Å². The quantitative estimate of drug-likeness (QED) is 0.787. The summed E-state index contributed by atoms with van der Waals surface area (Å²) in [7, 11) is 0. The number of nitrogens with zero attached hydrogens (tertiary/aromatic N) is 2. The van der Waals surface area contributed by atoms with E-state index in [1.54, 1.807) is 0 Å². The Kier molecular flexibility index (Phi) is 4.96. The molecular weight excluding hydrogens is 292 g/mol. The van der Waals surface area contributed by atoms with E-state index in [0.717, 1.165) is 30.5 Å². The van der Waals surface area contributed by atoms with Gasteiger partial charge in [-0.2, -0.15) is 0 Å². The van der Waals surface area contributed by atoms with Crippen LogP contribution in [0.4, 0.5) is 4.79 Å². The van der Waals surface area contributed by atoms with Gasteiger partial charge in [-0.25, -0.2) is 4.79 Å². The van der Waals surface area contributed by atoms with Crippen molar-refractivity contribution in [2.75, 3.05) is 39.4 Å². The monoisotopic (exact) mass is 316 g/mol. The second-order valence-corrected chi connectivity index (χ2v) is 6.40. The molecule has 2 fully saturated rings. The van der Waals surface area contributed by atoms with Gasteiger partial charge in [0, 0.05) is 37.7 Å². The highest BCUT2D eigenvalue weighted by molar-refractivity contribution is 5.98. The average Bonchev–Trinajstić information content (AvgIpc) is 2.62. The summed E-state index contributed by atoms with van der Waals surface area (Å²) >= 11 is 0. The number of hydrogen-bond acceptors (Lipinski definition) is 3. The minimum absolute atomic E-state index is 0.0507. The first-order chi connectivity index (χ1) is 11.1. The summed E-state index contributed by atoms with van der Waals surface area (Å²) in [4.78, 5) is 28.9. The summed E-state index contributed by atoms with van der Waals surface area (Å²) in [5.41, 5.74) is 1.90. The van der Waals surface area contributed by atoms with Crippen molar-refractivity contribution < 1.29 is 14.3 Å². The number of morpholine rings is 1. The molecule has 2 aliphatic rings. The Bertz CT molecular complexity index is 564. The van der Waals surface area contributed by atoms with Crippen LogP contribution in [-0.2, 0) is 4.74 Å². The van der Waals surface area contributed by atoms with E-state index in [-0.39, 0.29) is 17.7 Å². The second kappa shape index (κ2) is 7.13. The van der Waals surface area contributed by atoms with Crippen LogP contribution in [0.5, 0.6) is 0 Å². The van der Waals surface area contributed by atoms with Gasteiger partial charge in [0.1, 0.15) is 0 Å². The van der Waals surface area contributed by atoms with Gasteiger partial charge in [-0.3, -0.25) is 4.79 Å². The molecule has 0 radical (unpaired) electrons. The summed E-state index contributed by atoms with van der Waals surface area (Å²) < 4.78 is 5.30. The van der Waals surface area contributed by atoms with E-state index in [2.05, 4.69) is 0 Å². The fourth-order valence-electron chi connectivity index (χ4n) is 3.27. The lowest BCUT2D eigenvalue weighted by Crippen LogP contribution is -2.51. The number of rotatable bonds is 2. The molecule has 124 valence electrons. The van der Waals surface area contributed by atoms with Crippen molar-refractivity contribution in [1.82, 2.24) is 9.80 Å². The van der Waals surface area contributed by atoms with Gasteiger partial charge in [0.25, 0.3) is 0 Å². The molecule has 0 N–H and O–H groups in total. The lowest BCUT2D eigenvalue weighted by Gasteiger charge is -2.37. The lowest BCUT2D eigenvalue weighted by atomic mass is 9.90. The van der Waals surface area contributed by atoms with Crippen LogP contribution in [0, 0.1) is 12.8 Å². The number of ether oxygens (including phenoxy) is 1. The number of amides is 2. The molecule has 0 saturated carbocycles. The molecule has 3 rings (SSSR count). The fraction of sp³-hybridized carbons (Fsp3) is 0.556. The van der Waals surface area contributed by atoms with Crippen molar-refractivity contribution in [2.24, 2.45) is 5.92 Å². The topological polar surface area (TPSA) is 49.9 Å². The van der Waals surface area contributed by atoms with Gasteiger partial charge in [-0.1, -0.05) is 29.8 Å². The van der Waals surface area contributed by atoms with E-state index in [0.29, 0.717) is 32.8 Å². The van der Waals surface area contributed by atoms with Gasteiger partial charge in [0.15, 0.2) is 5.78 Å². The molecule has 5 heteroatoms. The first kappa shape index (κ1) is 16.0. The van der Waals surface area contributed by atoms with Crippen LogP contribution in [0.25, 0.3) is 0 Å². The minimum Gasteiger partial charge on any atom is -0.378 e. The molecule has 0 aromatic heterocycles. The Morgan fingerprint density at radius 1 is 1.04 bits per heavy atom. The Hall–Kier alpha value is -1.88. The summed E-state index contributed by atoms with van der Waals surface area (Å²) in [6, 6.07) is 7.76. The van der Waals surface area contributed by atoms with Crippen molar-refractivity contribution in [3.05, 3.63) is 35.4 Å². The molecule has 1 aromatic rings. The number of benzene rings is 1. The Morgan fingerprint density at radius 2 is 1.74 bits per heavy atom. The standard InChI is InChI=1S/C18H24N2O3/c1-14-4-6-15(7-5-14)17(21)16-3-2-8-20(13-16)18(22)19-9-11-23-12-10-19/h4-7,16H,2-3,8-13H2,1H3. The zero-order chi connectivity index (χ0) is 16.2. The van der Waals surface area contributed by atoms with Crippen molar-refractivity contribution in [1.29, 1.82) is 0 Å². The molecule has 2 amide bonds. The second-order valence-electron chi connectivity index (χ2n) is 6.40. The predicted molar refractivity (Wildman–Crippen MR) is 87.6 cm³/mol. The number of piperidine rings is 1. The SMILES string of the molecule is Cc1ccc(C(=O)C2CCCN(C(=O)N3CCOCC3)C2)cc1. The van der Waals surface area contributed by atoms with Crippen LogP contribution in [0.3, 0.4) is 0 Å². The number of hydrogen-bond donors (Lipinski definition) is 0. The maximum Gasteiger partial charge on any atom is 0.320 e. The molecule has 2 saturated heterocycles. The molecule has 0 spiro atoms. The summed E-state index contributed by atoms with van der Waals surface area (Å²) in [6.45, 7) is 5.78. The molecule has 0 aliphatic carbocycles. The van der Waals surface area contributed by atoms with Gasteiger partial charge in [0.2, 0.25) is 0 Å². The van der Waals surface area contributed by atoms with Gasteiger partial charge in [0.05, 0.1) is 13.2 Å². The van der Waals surface area contributed by atoms with Crippen LogP contribution in [-0.4, -0.2) is 61.0 Å². The molecule has 1 unspecified atom stereocenters. The Morgan fingerprint density at radius 3 is 2.43 bits per heavy atom. The molecule has 5 nitrogen and oxygen atoms in total. The molecule has 2 heterocycles. The lowest BCUT2D eigenvalue weighted by molar-refractivity contribution is 0.0388. The third kappa shape index (κ3) is 3.72. The van der Waals surface area contributed by atoms with Gasteiger partial charge >= 0.3 is 6.03 Å². The number of aryl methyl sites for hydroxylation is 1. The Balaban J connectivity index is 1.64. The number of ketones is 1.